The summed E-state index contributed by atoms with van der Waals surface area (Å²) in [4.78, 5) is 27.3. The van der Waals surface area contributed by atoms with Crippen LogP contribution in [-0.2, 0) is 4.79 Å². The number of nitriles is 1. The SMILES string of the molecule is Cc1c(NC(=O)C2(C#N)CCCC2)cccc1C(=O)N1CCSCC1. The predicted octanol–water partition coefficient (Wildman–Crippen LogP) is 3.21. The van der Waals surface area contributed by atoms with Crippen molar-refractivity contribution in [3.05, 3.63) is 29.3 Å². The maximum Gasteiger partial charge on any atom is 0.254 e. The van der Waals surface area contributed by atoms with Gasteiger partial charge in [-0.05, 0) is 37.5 Å². The van der Waals surface area contributed by atoms with E-state index in [1.165, 1.54) is 0 Å². The summed E-state index contributed by atoms with van der Waals surface area (Å²) in [5.41, 5.74) is 1.10. The molecular formula is C19H23N3O2S. The van der Waals surface area contributed by atoms with E-state index >= 15 is 0 Å². The Hall–Kier alpha value is -2.00. The minimum Gasteiger partial charge on any atom is -0.337 e. The van der Waals surface area contributed by atoms with Crippen LogP contribution < -0.4 is 5.32 Å². The van der Waals surface area contributed by atoms with Gasteiger partial charge in [0.25, 0.3) is 5.91 Å². The molecule has 5 nitrogen and oxygen atoms in total. The van der Waals surface area contributed by atoms with Gasteiger partial charge in [-0.15, -0.1) is 0 Å². The van der Waals surface area contributed by atoms with Crippen LogP contribution in [0.4, 0.5) is 5.69 Å². The van der Waals surface area contributed by atoms with Crippen LogP contribution in [0.1, 0.15) is 41.6 Å². The molecule has 0 aromatic heterocycles. The quantitative estimate of drug-likeness (QED) is 0.901. The molecule has 1 saturated carbocycles. The number of thioether (sulfide) groups is 1. The molecule has 0 radical (unpaired) electrons. The van der Waals surface area contributed by atoms with Crippen LogP contribution in [0.2, 0.25) is 0 Å². The number of hydrogen-bond donors (Lipinski definition) is 1. The van der Waals surface area contributed by atoms with Crippen molar-refractivity contribution in [2.45, 2.75) is 32.6 Å². The molecule has 2 aliphatic rings. The Morgan fingerprint density at radius 1 is 1.24 bits per heavy atom. The summed E-state index contributed by atoms with van der Waals surface area (Å²) in [6.45, 7) is 3.38. The Kier molecular flexibility index (Phi) is 5.33. The molecule has 132 valence electrons. The molecule has 0 spiro atoms. The summed E-state index contributed by atoms with van der Waals surface area (Å²) in [6.07, 6.45) is 3.04. The van der Waals surface area contributed by atoms with Crippen LogP contribution in [0, 0.1) is 23.7 Å². The van der Waals surface area contributed by atoms with Crippen LogP contribution in [-0.4, -0.2) is 41.3 Å². The van der Waals surface area contributed by atoms with Crippen LogP contribution >= 0.6 is 11.8 Å². The highest BCUT2D eigenvalue weighted by Gasteiger charge is 2.41. The molecule has 1 aliphatic heterocycles. The van der Waals surface area contributed by atoms with Gasteiger partial charge in [0.2, 0.25) is 5.91 Å². The second-order valence-corrected chi connectivity index (χ2v) is 7.96. The van der Waals surface area contributed by atoms with Crippen LogP contribution in [0.25, 0.3) is 0 Å². The Labute approximate surface area is 152 Å². The lowest BCUT2D eigenvalue weighted by Gasteiger charge is -2.27. The molecule has 1 N–H and O–H groups in total. The normalized spacial score (nSPS) is 19.3. The lowest BCUT2D eigenvalue weighted by Crippen LogP contribution is -2.38. The maximum atomic E-state index is 12.8. The molecule has 2 fully saturated rings. The van der Waals surface area contributed by atoms with E-state index < -0.39 is 5.41 Å². The van der Waals surface area contributed by atoms with E-state index in [2.05, 4.69) is 11.4 Å². The van der Waals surface area contributed by atoms with E-state index in [1.54, 1.807) is 12.1 Å². The fourth-order valence-electron chi connectivity index (χ4n) is 3.55. The maximum absolute atomic E-state index is 12.8. The Bertz CT molecular complexity index is 714. The number of nitrogens with one attached hydrogen (secondary N) is 1. The minimum atomic E-state index is -0.920. The van der Waals surface area contributed by atoms with Gasteiger partial charge in [0, 0.05) is 35.8 Å². The number of anilines is 1. The summed E-state index contributed by atoms with van der Waals surface area (Å²) in [5.74, 6) is 1.71. The predicted molar refractivity (Wildman–Crippen MR) is 99.6 cm³/mol. The van der Waals surface area contributed by atoms with Gasteiger partial charge in [-0.1, -0.05) is 18.9 Å². The van der Waals surface area contributed by atoms with E-state index in [9.17, 15) is 14.9 Å². The first kappa shape index (κ1) is 17.8. The second-order valence-electron chi connectivity index (χ2n) is 6.74. The molecule has 6 heteroatoms. The van der Waals surface area contributed by atoms with Crippen molar-refractivity contribution < 1.29 is 9.59 Å². The van der Waals surface area contributed by atoms with E-state index in [4.69, 9.17) is 0 Å². The van der Waals surface area contributed by atoms with Gasteiger partial charge >= 0.3 is 0 Å². The molecule has 0 unspecified atom stereocenters. The van der Waals surface area contributed by atoms with Crippen molar-refractivity contribution in [3.63, 3.8) is 0 Å². The Morgan fingerprint density at radius 3 is 2.56 bits per heavy atom. The van der Waals surface area contributed by atoms with Gasteiger partial charge < -0.3 is 10.2 Å². The van der Waals surface area contributed by atoms with Crippen LogP contribution in [0.5, 0.6) is 0 Å². The monoisotopic (exact) mass is 357 g/mol. The van der Waals surface area contributed by atoms with E-state index in [1.807, 2.05) is 29.7 Å². The van der Waals surface area contributed by atoms with Crippen molar-refractivity contribution >= 4 is 29.3 Å². The zero-order valence-corrected chi connectivity index (χ0v) is 15.3. The molecular weight excluding hydrogens is 334 g/mol. The van der Waals surface area contributed by atoms with Gasteiger partial charge in [0.15, 0.2) is 0 Å². The summed E-state index contributed by atoms with van der Waals surface area (Å²) in [7, 11) is 0. The minimum absolute atomic E-state index is 0.0183. The fourth-order valence-corrected chi connectivity index (χ4v) is 4.45. The Morgan fingerprint density at radius 2 is 1.92 bits per heavy atom. The van der Waals surface area contributed by atoms with Gasteiger partial charge in [-0.2, -0.15) is 17.0 Å². The fraction of sp³-hybridized carbons (Fsp3) is 0.526. The highest BCUT2D eigenvalue weighted by molar-refractivity contribution is 7.99. The number of hydrogen-bond acceptors (Lipinski definition) is 4. The number of nitrogens with zero attached hydrogens (tertiary/aromatic N) is 2. The zero-order chi connectivity index (χ0) is 17.9. The van der Waals surface area contributed by atoms with Crippen molar-refractivity contribution in [2.24, 2.45) is 5.41 Å². The molecule has 0 atom stereocenters. The third-order valence-electron chi connectivity index (χ3n) is 5.22. The highest BCUT2D eigenvalue weighted by atomic mass is 32.2. The highest BCUT2D eigenvalue weighted by Crippen LogP contribution is 2.38. The first-order valence-electron chi connectivity index (χ1n) is 8.77. The molecule has 1 aromatic rings. The third kappa shape index (κ3) is 3.52. The smallest absolute Gasteiger partial charge is 0.254 e. The van der Waals surface area contributed by atoms with E-state index in [-0.39, 0.29) is 11.8 Å². The van der Waals surface area contributed by atoms with Crippen molar-refractivity contribution in [2.75, 3.05) is 29.9 Å². The summed E-state index contributed by atoms with van der Waals surface area (Å²) in [5, 5.41) is 12.4. The topological polar surface area (TPSA) is 73.2 Å². The summed E-state index contributed by atoms with van der Waals surface area (Å²) in [6, 6.07) is 7.62. The van der Waals surface area contributed by atoms with Crippen molar-refractivity contribution in [3.8, 4) is 6.07 Å². The van der Waals surface area contributed by atoms with E-state index in [0.29, 0.717) is 24.1 Å². The van der Waals surface area contributed by atoms with Gasteiger partial charge in [0.1, 0.15) is 5.41 Å². The molecule has 1 saturated heterocycles. The first-order valence-corrected chi connectivity index (χ1v) is 9.92. The first-order chi connectivity index (χ1) is 12.1. The molecule has 1 aliphatic carbocycles. The van der Waals surface area contributed by atoms with Gasteiger partial charge in [0.05, 0.1) is 6.07 Å². The second kappa shape index (κ2) is 7.49. The standard InChI is InChI=1S/C19H23N3O2S/c1-14-15(17(23)22-9-11-25-12-10-22)5-4-6-16(14)21-18(24)19(13-20)7-2-3-8-19/h4-6H,2-3,7-12H2,1H3,(H,21,24). The molecule has 3 rings (SSSR count). The van der Waals surface area contributed by atoms with Crippen LogP contribution in [0.3, 0.4) is 0 Å². The zero-order valence-electron chi connectivity index (χ0n) is 14.5. The average molecular weight is 357 g/mol. The lowest BCUT2D eigenvalue weighted by molar-refractivity contribution is -0.122. The number of carbonyl (C=O) groups is 2. The number of benzene rings is 1. The number of carbonyl (C=O) groups excluding carboxylic acids is 2. The van der Waals surface area contributed by atoms with E-state index in [0.717, 1.165) is 43.0 Å². The van der Waals surface area contributed by atoms with Crippen molar-refractivity contribution in [1.29, 1.82) is 5.26 Å². The Balaban J connectivity index is 1.80. The molecule has 0 bridgehead atoms. The molecule has 2 amide bonds. The summed E-state index contributed by atoms with van der Waals surface area (Å²) >= 11 is 1.86. The lowest BCUT2D eigenvalue weighted by atomic mass is 9.87. The summed E-state index contributed by atoms with van der Waals surface area (Å²) < 4.78 is 0. The van der Waals surface area contributed by atoms with Gasteiger partial charge in [-0.25, -0.2) is 0 Å². The molecule has 1 heterocycles. The molecule has 1 aromatic carbocycles. The number of amides is 2. The van der Waals surface area contributed by atoms with Crippen molar-refractivity contribution in [1.82, 2.24) is 4.90 Å². The third-order valence-corrected chi connectivity index (χ3v) is 6.16. The number of rotatable bonds is 3. The van der Waals surface area contributed by atoms with Gasteiger partial charge in [-0.3, -0.25) is 9.59 Å². The van der Waals surface area contributed by atoms with Crippen LogP contribution in [0.15, 0.2) is 18.2 Å². The average Bonchev–Trinajstić information content (AvgIpc) is 3.14. The largest absolute Gasteiger partial charge is 0.337 e. The molecule has 25 heavy (non-hydrogen) atoms.